The van der Waals surface area contributed by atoms with Gasteiger partial charge in [0.15, 0.2) is 5.82 Å². The molecule has 3 fully saturated rings. The number of ether oxygens (including phenoxy) is 1. The highest BCUT2D eigenvalue weighted by Crippen LogP contribution is 2.49. The zero-order chi connectivity index (χ0) is 18.3. The Hall–Kier alpha value is -1.96. The van der Waals surface area contributed by atoms with Gasteiger partial charge in [-0.3, -0.25) is 9.59 Å². The lowest BCUT2D eigenvalue weighted by molar-refractivity contribution is -0.148. The minimum Gasteiger partial charge on any atom is -0.375 e. The summed E-state index contributed by atoms with van der Waals surface area (Å²) < 4.78 is 10.4. The molecular weight excluding hydrogens is 336 g/mol. The molecule has 1 aliphatic carbocycles. The molecule has 0 radical (unpaired) electrons. The summed E-state index contributed by atoms with van der Waals surface area (Å²) in [6.45, 7) is 4.32. The van der Waals surface area contributed by atoms with Gasteiger partial charge in [-0.15, -0.1) is 0 Å². The van der Waals surface area contributed by atoms with Gasteiger partial charge in [-0.1, -0.05) is 18.0 Å². The number of amides is 2. The van der Waals surface area contributed by atoms with Gasteiger partial charge < -0.3 is 19.1 Å². The van der Waals surface area contributed by atoms with Crippen molar-refractivity contribution in [2.75, 3.05) is 39.9 Å². The first kappa shape index (κ1) is 17.5. The fourth-order valence-electron chi connectivity index (χ4n) is 4.79. The predicted octanol–water partition coefficient (Wildman–Crippen LogP) is 0.969. The number of aromatic nitrogens is 2. The van der Waals surface area contributed by atoms with E-state index in [0.29, 0.717) is 37.9 Å². The Kier molecular flexibility index (Phi) is 4.46. The third kappa shape index (κ3) is 2.90. The van der Waals surface area contributed by atoms with Gasteiger partial charge in [0, 0.05) is 44.6 Å². The van der Waals surface area contributed by atoms with Crippen LogP contribution in [0.25, 0.3) is 0 Å². The Morgan fingerprint density at radius 3 is 2.54 bits per heavy atom. The Balaban J connectivity index is 1.50. The Labute approximate surface area is 152 Å². The van der Waals surface area contributed by atoms with Gasteiger partial charge in [0.25, 0.3) is 0 Å². The number of methoxy groups -OCH3 is 1. The van der Waals surface area contributed by atoms with Crippen LogP contribution in [-0.4, -0.2) is 71.7 Å². The van der Waals surface area contributed by atoms with Crippen molar-refractivity contribution < 1.29 is 18.8 Å². The second-order valence-electron chi connectivity index (χ2n) is 7.98. The van der Waals surface area contributed by atoms with Crippen molar-refractivity contribution in [1.29, 1.82) is 0 Å². The lowest BCUT2D eigenvalue weighted by Crippen LogP contribution is -2.62. The lowest BCUT2D eigenvalue weighted by Gasteiger charge is -2.50. The Morgan fingerprint density at radius 2 is 1.92 bits per heavy atom. The van der Waals surface area contributed by atoms with E-state index in [-0.39, 0.29) is 35.7 Å². The Morgan fingerprint density at radius 1 is 1.23 bits per heavy atom. The summed E-state index contributed by atoms with van der Waals surface area (Å²) in [5.41, 5.74) is -0.184. The summed E-state index contributed by atoms with van der Waals surface area (Å²) in [6.07, 6.45) is 4.32. The van der Waals surface area contributed by atoms with E-state index in [0.717, 1.165) is 25.7 Å². The topological polar surface area (TPSA) is 88.8 Å². The van der Waals surface area contributed by atoms with Crippen molar-refractivity contribution in [3.63, 3.8) is 0 Å². The van der Waals surface area contributed by atoms with Gasteiger partial charge in [-0.2, -0.15) is 4.98 Å². The number of carbonyl (C=O) groups is 2. The van der Waals surface area contributed by atoms with Gasteiger partial charge in [-0.05, 0) is 19.8 Å². The molecule has 0 aromatic carbocycles. The van der Waals surface area contributed by atoms with Gasteiger partial charge in [0.1, 0.15) is 6.61 Å². The molecule has 8 heteroatoms. The molecule has 1 atom stereocenters. The molecule has 1 spiro atoms. The lowest BCUT2D eigenvalue weighted by atomic mass is 9.71. The summed E-state index contributed by atoms with van der Waals surface area (Å²) >= 11 is 0. The molecule has 3 aliphatic rings. The van der Waals surface area contributed by atoms with Crippen LogP contribution in [-0.2, 0) is 14.3 Å². The molecule has 26 heavy (non-hydrogen) atoms. The molecule has 1 aromatic heterocycles. The summed E-state index contributed by atoms with van der Waals surface area (Å²) in [5.74, 6) is 1.56. The van der Waals surface area contributed by atoms with Crippen LogP contribution in [0.5, 0.6) is 0 Å². The van der Waals surface area contributed by atoms with Crippen LogP contribution < -0.4 is 0 Å². The van der Waals surface area contributed by atoms with Crippen LogP contribution in [0.4, 0.5) is 0 Å². The van der Waals surface area contributed by atoms with Crippen LogP contribution in [0.1, 0.15) is 43.3 Å². The maximum Gasteiger partial charge on any atom is 0.248 e. The summed E-state index contributed by atoms with van der Waals surface area (Å²) in [4.78, 5) is 33.2. The van der Waals surface area contributed by atoms with E-state index in [2.05, 4.69) is 10.1 Å². The number of hydrogen-bond donors (Lipinski definition) is 0. The van der Waals surface area contributed by atoms with Gasteiger partial charge >= 0.3 is 0 Å². The van der Waals surface area contributed by atoms with Gasteiger partial charge in [-0.25, -0.2) is 0 Å². The van der Waals surface area contributed by atoms with Crippen molar-refractivity contribution >= 4 is 11.8 Å². The molecule has 0 N–H and O–H groups in total. The summed E-state index contributed by atoms with van der Waals surface area (Å²) in [7, 11) is 1.52. The summed E-state index contributed by atoms with van der Waals surface area (Å²) in [6, 6.07) is 0. The van der Waals surface area contributed by atoms with E-state index in [1.54, 1.807) is 6.92 Å². The van der Waals surface area contributed by atoms with Crippen LogP contribution in [0.3, 0.4) is 0 Å². The van der Waals surface area contributed by atoms with E-state index < -0.39 is 0 Å². The van der Waals surface area contributed by atoms with E-state index in [1.165, 1.54) is 7.11 Å². The molecule has 142 valence electrons. The highest BCUT2D eigenvalue weighted by Gasteiger charge is 2.58. The average Bonchev–Trinajstić information content (AvgIpc) is 3.31. The number of nitrogens with zero attached hydrogens (tertiary/aromatic N) is 4. The molecule has 2 saturated heterocycles. The molecule has 2 aliphatic heterocycles. The Bertz CT molecular complexity index is 691. The second kappa shape index (κ2) is 6.64. The minimum absolute atomic E-state index is 0.0304. The van der Waals surface area contributed by atoms with Crippen molar-refractivity contribution in [1.82, 2.24) is 19.9 Å². The van der Waals surface area contributed by atoms with Crippen LogP contribution in [0.15, 0.2) is 4.52 Å². The molecule has 2 amide bonds. The SMILES string of the molecule is COCC(=O)N1CC(c2nc(C)no2)C2(C1)CN(C(=O)C1CCCC1)C2. The first-order chi connectivity index (χ1) is 12.5. The van der Waals surface area contributed by atoms with E-state index in [9.17, 15) is 9.59 Å². The molecule has 1 unspecified atom stereocenters. The van der Waals surface area contributed by atoms with Gasteiger partial charge in [0.2, 0.25) is 17.7 Å². The molecule has 1 saturated carbocycles. The number of hydrogen-bond acceptors (Lipinski definition) is 6. The third-order valence-corrected chi connectivity index (χ3v) is 6.14. The van der Waals surface area contributed by atoms with Crippen LogP contribution in [0, 0.1) is 18.3 Å². The number of aryl methyl sites for hydroxylation is 1. The maximum absolute atomic E-state index is 12.7. The number of carbonyl (C=O) groups excluding carboxylic acids is 2. The molecule has 8 nitrogen and oxygen atoms in total. The maximum atomic E-state index is 12.7. The number of likely N-dealkylation sites (tertiary alicyclic amines) is 2. The normalized spacial score (nSPS) is 25.1. The predicted molar refractivity (Wildman–Crippen MR) is 91.2 cm³/mol. The van der Waals surface area contributed by atoms with Gasteiger partial charge in [0.05, 0.1) is 5.92 Å². The zero-order valence-corrected chi connectivity index (χ0v) is 15.4. The monoisotopic (exact) mass is 362 g/mol. The largest absolute Gasteiger partial charge is 0.375 e. The standard InChI is InChI=1S/C18H26N4O4/c1-12-19-16(26-20-12)14-7-21(15(23)8-25-2)9-18(14)10-22(11-18)17(24)13-5-3-4-6-13/h13-14H,3-11H2,1-2H3. The third-order valence-electron chi connectivity index (χ3n) is 6.14. The van der Waals surface area contributed by atoms with E-state index in [4.69, 9.17) is 9.26 Å². The minimum atomic E-state index is -0.184. The molecule has 4 rings (SSSR count). The van der Waals surface area contributed by atoms with Crippen LogP contribution in [0.2, 0.25) is 0 Å². The molecule has 1 aromatic rings. The molecule has 3 heterocycles. The van der Waals surface area contributed by atoms with E-state index in [1.807, 2.05) is 9.80 Å². The zero-order valence-electron chi connectivity index (χ0n) is 15.4. The average molecular weight is 362 g/mol. The van der Waals surface area contributed by atoms with Crippen molar-refractivity contribution in [3.05, 3.63) is 11.7 Å². The molecule has 0 bridgehead atoms. The highest BCUT2D eigenvalue weighted by molar-refractivity contribution is 5.81. The highest BCUT2D eigenvalue weighted by atomic mass is 16.5. The van der Waals surface area contributed by atoms with Crippen LogP contribution >= 0.6 is 0 Å². The fraction of sp³-hybridized carbons (Fsp3) is 0.778. The summed E-state index contributed by atoms with van der Waals surface area (Å²) in [5, 5.41) is 3.91. The van der Waals surface area contributed by atoms with Crippen molar-refractivity contribution in [2.24, 2.45) is 11.3 Å². The van der Waals surface area contributed by atoms with Crippen molar-refractivity contribution in [2.45, 2.75) is 38.5 Å². The quantitative estimate of drug-likeness (QED) is 0.793. The second-order valence-corrected chi connectivity index (χ2v) is 7.98. The first-order valence-corrected chi connectivity index (χ1v) is 9.38. The van der Waals surface area contributed by atoms with E-state index >= 15 is 0 Å². The molecular formula is C18H26N4O4. The fourth-order valence-corrected chi connectivity index (χ4v) is 4.79. The first-order valence-electron chi connectivity index (χ1n) is 9.38. The number of rotatable bonds is 4. The smallest absolute Gasteiger partial charge is 0.248 e. The van der Waals surface area contributed by atoms with Crippen molar-refractivity contribution in [3.8, 4) is 0 Å².